The van der Waals surface area contributed by atoms with Crippen molar-refractivity contribution in [1.29, 1.82) is 0 Å². The fraction of sp³-hybridized carbons (Fsp3) is 0.500. The van der Waals surface area contributed by atoms with Gasteiger partial charge in [-0.25, -0.2) is 4.79 Å². The Kier molecular flexibility index (Phi) is 5.78. The van der Waals surface area contributed by atoms with Crippen LogP contribution in [-0.4, -0.2) is 33.0 Å². The van der Waals surface area contributed by atoms with Gasteiger partial charge in [-0.2, -0.15) is 0 Å². The molecular weight excluding hydrogens is 206 g/mol. The number of rotatable bonds is 5. The van der Waals surface area contributed by atoms with Crippen molar-refractivity contribution < 1.29 is 18.9 Å². The van der Waals surface area contributed by atoms with E-state index in [2.05, 4.69) is 5.32 Å². The summed E-state index contributed by atoms with van der Waals surface area (Å²) in [6.07, 6.45) is 1.57. The van der Waals surface area contributed by atoms with E-state index in [4.69, 9.17) is 5.11 Å². The lowest BCUT2D eigenvalue weighted by Gasteiger charge is -2.10. The second-order valence-corrected chi connectivity index (χ2v) is 3.98. The molecule has 2 N–H and O–H groups in total. The van der Waals surface area contributed by atoms with Crippen LogP contribution in [-0.2, 0) is 20.4 Å². The van der Waals surface area contributed by atoms with E-state index in [-0.39, 0.29) is 5.75 Å². The van der Waals surface area contributed by atoms with Crippen LogP contribution in [0.5, 0.6) is 0 Å². The van der Waals surface area contributed by atoms with Crippen molar-refractivity contribution >= 4 is 22.7 Å². The summed E-state index contributed by atoms with van der Waals surface area (Å²) in [5.41, 5.74) is 0. The van der Waals surface area contributed by atoms with Crippen LogP contribution >= 0.6 is 0 Å². The molecule has 0 heterocycles. The van der Waals surface area contributed by atoms with E-state index in [9.17, 15) is 13.8 Å². The van der Waals surface area contributed by atoms with E-state index < -0.39 is 28.7 Å². The van der Waals surface area contributed by atoms with Crippen LogP contribution in [0.3, 0.4) is 0 Å². The first kappa shape index (κ1) is 12.8. The van der Waals surface area contributed by atoms with E-state index in [1.807, 2.05) is 0 Å². The summed E-state index contributed by atoms with van der Waals surface area (Å²) >= 11 is 0. The minimum atomic E-state index is -1.36. The third kappa shape index (κ3) is 5.47. The standard InChI is InChI=1S/C8H13NO4S/c1-3-4-14(13)5-7(8(11)12)9-6(2)10/h3-4,7H,5H2,1-2H3,(H,9,10)(H,11,12)/b4-3+. The van der Waals surface area contributed by atoms with Crippen molar-refractivity contribution in [2.75, 3.05) is 5.75 Å². The molecule has 0 aromatic heterocycles. The van der Waals surface area contributed by atoms with Crippen LogP contribution in [0.1, 0.15) is 13.8 Å². The van der Waals surface area contributed by atoms with Crippen molar-refractivity contribution in [1.82, 2.24) is 5.32 Å². The van der Waals surface area contributed by atoms with Gasteiger partial charge in [0, 0.05) is 17.7 Å². The normalized spacial score (nSPS) is 15.0. The lowest BCUT2D eigenvalue weighted by atomic mass is 10.3. The molecule has 2 atom stereocenters. The van der Waals surface area contributed by atoms with Crippen molar-refractivity contribution in [3.63, 3.8) is 0 Å². The maximum atomic E-state index is 11.1. The van der Waals surface area contributed by atoms with Crippen LogP contribution in [0.15, 0.2) is 11.5 Å². The molecule has 0 aromatic rings. The largest absolute Gasteiger partial charge is 0.480 e. The number of amides is 1. The molecule has 0 aliphatic heterocycles. The Balaban J connectivity index is 4.30. The average molecular weight is 219 g/mol. The van der Waals surface area contributed by atoms with Gasteiger partial charge < -0.3 is 10.4 Å². The maximum absolute atomic E-state index is 11.1. The molecule has 0 aromatic carbocycles. The Morgan fingerprint density at radius 2 is 2.14 bits per heavy atom. The summed E-state index contributed by atoms with van der Waals surface area (Å²) in [5, 5.41) is 12.3. The molecular formula is C8H13NO4S. The topological polar surface area (TPSA) is 83.5 Å². The van der Waals surface area contributed by atoms with E-state index in [0.717, 1.165) is 0 Å². The van der Waals surface area contributed by atoms with Gasteiger partial charge >= 0.3 is 5.97 Å². The van der Waals surface area contributed by atoms with Gasteiger partial charge in [0.05, 0.1) is 5.75 Å². The van der Waals surface area contributed by atoms with E-state index in [1.165, 1.54) is 12.3 Å². The van der Waals surface area contributed by atoms with E-state index in [0.29, 0.717) is 0 Å². The summed E-state index contributed by atoms with van der Waals surface area (Å²) in [7, 11) is -1.36. The van der Waals surface area contributed by atoms with Crippen LogP contribution in [0.2, 0.25) is 0 Å². The number of carbonyl (C=O) groups is 2. The third-order valence-electron chi connectivity index (χ3n) is 1.29. The Bertz CT molecular complexity index is 275. The summed E-state index contributed by atoms with van der Waals surface area (Å²) in [4.78, 5) is 21.2. The molecule has 14 heavy (non-hydrogen) atoms. The number of allylic oxidation sites excluding steroid dienone is 1. The monoisotopic (exact) mass is 219 g/mol. The Morgan fingerprint density at radius 3 is 2.50 bits per heavy atom. The first-order chi connectivity index (χ1) is 6.47. The molecule has 0 rings (SSSR count). The highest BCUT2D eigenvalue weighted by molar-refractivity contribution is 7.88. The Hall–Kier alpha value is -1.17. The summed E-state index contributed by atoms with van der Waals surface area (Å²) < 4.78 is 11.1. The van der Waals surface area contributed by atoms with E-state index >= 15 is 0 Å². The van der Waals surface area contributed by atoms with Gasteiger partial charge in [0.25, 0.3) is 0 Å². The number of hydrogen-bond acceptors (Lipinski definition) is 3. The van der Waals surface area contributed by atoms with E-state index in [1.54, 1.807) is 13.0 Å². The van der Waals surface area contributed by atoms with Crippen molar-refractivity contribution in [3.8, 4) is 0 Å². The van der Waals surface area contributed by atoms with Gasteiger partial charge in [0.15, 0.2) is 0 Å². The molecule has 0 bridgehead atoms. The number of hydrogen-bond donors (Lipinski definition) is 2. The minimum Gasteiger partial charge on any atom is -0.480 e. The zero-order chi connectivity index (χ0) is 11.1. The SMILES string of the molecule is C/C=C/S(=O)CC(NC(C)=O)C(=O)O. The van der Waals surface area contributed by atoms with Crippen LogP contribution in [0.4, 0.5) is 0 Å². The second kappa shape index (κ2) is 6.31. The van der Waals surface area contributed by atoms with Crippen molar-refractivity contribution in [3.05, 3.63) is 11.5 Å². The number of aliphatic carboxylic acids is 1. The number of carboxylic acid groups (broad SMARTS) is 1. The number of nitrogens with one attached hydrogen (secondary N) is 1. The molecule has 2 unspecified atom stereocenters. The van der Waals surface area contributed by atoms with Gasteiger partial charge in [-0.05, 0) is 12.3 Å². The smallest absolute Gasteiger partial charge is 0.327 e. The fourth-order valence-electron chi connectivity index (χ4n) is 0.792. The Morgan fingerprint density at radius 1 is 1.57 bits per heavy atom. The summed E-state index contributed by atoms with van der Waals surface area (Å²) in [6, 6.07) is -1.09. The maximum Gasteiger partial charge on any atom is 0.327 e. The molecule has 0 fully saturated rings. The number of carboxylic acids is 1. The van der Waals surface area contributed by atoms with Gasteiger partial charge in [-0.3, -0.25) is 9.00 Å². The quantitative estimate of drug-likeness (QED) is 0.674. The molecule has 0 spiro atoms. The highest BCUT2D eigenvalue weighted by Crippen LogP contribution is 1.92. The Labute approximate surface area is 84.6 Å². The van der Waals surface area contributed by atoms with Gasteiger partial charge in [-0.1, -0.05) is 6.08 Å². The lowest BCUT2D eigenvalue weighted by Crippen LogP contribution is -2.43. The second-order valence-electron chi connectivity index (χ2n) is 2.61. The first-order valence-electron chi connectivity index (χ1n) is 3.97. The molecule has 0 aliphatic carbocycles. The third-order valence-corrected chi connectivity index (χ3v) is 2.53. The van der Waals surface area contributed by atoms with Crippen molar-refractivity contribution in [2.24, 2.45) is 0 Å². The molecule has 0 aliphatic rings. The average Bonchev–Trinajstić information content (AvgIpc) is 2.02. The van der Waals surface area contributed by atoms with Gasteiger partial charge in [0.1, 0.15) is 6.04 Å². The zero-order valence-corrected chi connectivity index (χ0v) is 8.84. The molecule has 0 saturated carbocycles. The van der Waals surface area contributed by atoms with Crippen molar-refractivity contribution in [2.45, 2.75) is 19.9 Å². The minimum absolute atomic E-state index is 0.112. The highest BCUT2D eigenvalue weighted by Gasteiger charge is 2.19. The van der Waals surface area contributed by atoms with Crippen LogP contribution < -0.4 is 5.32 Å². The summed E-state index contributed by atoms with van der Waals surface area (Å²) in [6.45, 7) is 2.90. The predicted molar refractivity (Wildman–Crippen MR) is 53.1 cm³/mol. The molecule has 6 heteroatoms. The van der Waals surface area contributed by atoms with Gasteiger partial charge in [0.2, 0.25) is 5.91 Å². The zero-order valence-electron chi connectivity index (χ0n) is 8.02. The molecule has 0 saturated heterocycles. The molecule has 1 amide bonds. The first-order valence-corrected chi connectivity index (χ1v) is 5.35. The lowest BCUT2D eigenvalue weighted by molar-refractivity contribution is -0.140. The molecule has 0 radical (unpaired) electrons. The summed E-state index contributed by atoms with van der Waals surface area (Å²) in [5.74, 6) is -1.74. The fourth-order valence-corrected chi connectivity index (χ4v) is 1.76. The van der Waals surface area contributed by atoms with Crippen LogP contribution in [0, 0.1) is 0 Å². The highest BCUT2D eigenvalue weighted by atomic mass is 32.2. The van der Waals surface area contributed by atoms with Crippen LogP contribution in [0.25, 0.3) is 0 Å². The molecule has 80 valence electrons. The molecule has 5 nitrogen and oxygen atoms in total. The number of carbonyl (C=O) groups excluding carboxylic acids is 1. The predicted octanol–water partition coefficient (Wildman–Crippen LogP) is -0.142. The van der Waals surface area contributed by atoms with Gasteiger partial charge in [-0.15, -0.1) is 0 Å².